The van der Waals surface area contributed by atoms with E-state index in [-0.39, 0.29) is 18.0 Å². The highest BCUT2D eigenvalue weighted by Crippen LogP contribution is 2.02. The van der Waals surface area contributed by atoms with Crippen LogP contribution in [-0.4, -0.2) is 31.1 Å². The van der Waals surface area contributed by atoms with E-state index in [0.717, 1.165) is 19.3 Å². The Balaban J connectivity index is 2.27. The van der Waals surface area contributed by atoms with Gasteiger partial charge in [0.25, 0.3) is 0 Å². The molecule has 0 aromatic heterocycles. The van der Waals surface area contributed by atoms with Gasteiger partial charge in [-0.05, 0) is 19.3 Å². The van der Waals surface area contributed by atoms with E-state index in [4.69, 9.17) is 0 Å². The van der Waals surface area contributed by atoms with Crippen molar-refractivity contribution in [1.29, 1.82) is 0 Å². The molecule has 3 amide bonds. The Morgan fingerprint density at radius 3 is 3.07 bits per heavy atom. The van der Waals surface area contributed by atoms with E-state index in [0.29, 0.717) is 13.1 Å². The molecule has 1 aliphatic rings. The number of carbonyl (C=O) groups excluding carboxylic acids is 2. The summed E-state index contributed by atoms with van der Waals surface area (Å²) >= 11 is 0. The smallest absolute Gasteiger partial charge is 0.315 e. The molecule has 14 heavy (non-hydrogen) atoms. The fourth-order valence-corrected chi connectivity index (χ4v) is 1.36. The first kappa shape index (κ1) is 10.8. The number of amides is 3. The average Bonchev–Trinajstić information content (AvgIpc) is 2.18. The Morgan fingerprint density at radius 1 is 1.64 bits per heavy atom. The number of urea groups is 1. The molecule has 0 aliphatic carbocycles. The van der Waals surface area contributed by atoms with E-state index >= 15 is 0 Å². The maximum Gasteiger partial charge on any atom is 0.315 e. The summed E-state index contributed by atoms with van der Waals surface area (Å²) in [5.74, 6) is -0.0806. The first-order valence-electron chi connectivity index (χ1n) is 5.06. The van der Waals surface area contributed by atoms with Gasteiger partial charge in [0.2, 0.25) is 5.91 Å². The van der Waals surface area contributed by atoms with Gasteiger partial charge < -0.3 is 16.0 Å². The van der Waals surface area contributed by atoms with Gasteiger partial charge in [-0.3, -0.25) is 4.79 Å². The Labute approximate surface area is 83.6 Å². The topological polar surface area (TPSA) is 70.2 Å². The summed E-state index contributed by atoms with van der Waals surface area (Å²) in [6, 6.07) is -0.616. The summed E-state index contributed by atoms with van der Waals surface area (Å²) in [7, 11) is 0. The first-order valence-corrected chi connectivity index (χ1v) is 5.06. The van der Waals surface area contributed by atoms with Gasteiger partial charge in [0.05, 0.1) is 0 Å². The number of rotatable bonds is 3. The zero-order valence-corrected chi connectivity index (χ0v) is 8.43. The molecule has 0 saturated carbocycles. The van der Waals surface area contributed by atoms with E-state index in [1.54, 1.807) is 0 Å². The number of piperidine rings is 1. The number of hydrogen-bond donors (Lipinski definition) is 3. The lowest BCUT2D eigenvalue weighted by molar-refractivity contribution is -0.124. The quantitative estimate of drug-likeness (QED) is 0.597. The zero-order chi connectivity index (χ0) is 10.4. The van der Waals surface area contributed by atoms with Gasteiger partial charge in [-0.15, -0.1) is 0 Å². The van der Waals surface area contributed by atoms with Crippen LogP contribution in [0.3, 0.4) is 0 Å². The third-order valence-electron chi connectivity index (χ3n) is 2.13. The number of hydrogen-bond acceptors (Lipinski definition) is 2. The van der Waals surface area contributed by atoms with Gasteiger partial charge in [-0.1, -0.05) is 6.92 Å². The van der Waals surface area contributed by atoms with E-state index in [9.17, 15) is 9.59 Å². The van der Waals surface area contributed by atoms with Crippen LogP contribution in [0.25, 0.3) is 0 Å². The van der Waals surface area contributed by atoms with Gasteiger partial charge in [0.1, 0.15) is 6.04 Å². The minimum absolute atomic E-state index is 0.0806. The predicted molar refractivity (Wildman–Crippen MR) is 52.9 cm³/mol. The molecule has 0 aromatic rings. The van der Waals surface area contributed by atoms with E-state index < -0.39 is 0 Å². The lowest BCUT2D eigenvalue weighted by Crippen LogP contribution is -2.52. The van der Waals surface area contributed by atoms with Gasteiger partial charge in [-0.25, -0.2) is 4.79 Å². The van der Waals surface area contributed by atoms with Crippen LogP contribution in [0.4, 0.5) is 4.79 Å². The molecular weight excluding hydrogens is 182 g/mol. The van der Waals surface area contributed by atoms with Crippen molar-refractivity contribution in [2.75, 3.05) is 13.1 Å². The molecule has 0 spiro atoms. The highest BCUT2D eigenvalue weighted by molar-refractivity contribution is 5.87. The molecule has 0 bridgehead atoms. The van der Waals surface area contributed by atoms with Crippen LogP contribution < -0.4 is 16.0 Å². The van der Waals surface area contributed by atoms with Crippen molar-refractivity contribution in [3.63, 3.8) is 0 Å². The molecule has 3 N–H and O–H groups in total. The molecule has 0 radical (unpaired) electrons. The first-order chi connectivity index (χ1) is 6.74. The third kappa shape index (κ3) is 3.24. The highest BCUT2D eigenvalue weighted by atomic mass is 16.2. The molecule has 1 aliphatic heterocycles. The van der Waals surface area contributed by atoms with Gasteiger partial charge in [0, 0.05) is 13.1 Å². The van der Waals surface area contributed by atoms with Crippen molar-refractivity contribution in [2.45, 2.75) is 32.2 Å². The van der Waals surface area contributed by atoms with Crippen molar-refractivity contribution in [3.8, 4) is 0 Å². The second-order valence-corrected chi connectivity index (χ2v) is 3.39. The zero-order valence-electron chi connectivity index (χ0n) is 8.43. The summed E-state index contributed by atoms with van der Waals surface area (Å²) in [4.78, 5) is 22.5. The summed E-state index contributed by atoms with van der Waals surface area (Å²) in [6.07, 6.45) is 2.54. The molecule has 1 saturated heterocycles. The fourth-order valence-electron chi connectivity index (χ4n) is 1.36. The minimum Gasteiger partial charge on any atom is -0.354 e. The summed E-state index contributed by atoms with van der Waals surface area (Å²) in [6.45, 7) is 3.33. The second-order valence-electron chi connectivity index (χ2n) is 3.39. The van der Waals surface area contributed by atoms with Crippen LogP contribution in [0.1, 0.15) is 26.2 Å². The summed E-state index contributed by atoms with van der Waals surface area (Å²) in [5.41, 5.74) is 0. The van der Waals surface area contributed by atoms with Crippen molar-refractivity contribution >= 4 is 11.9 Å². The SMILES string of the molecule is CCCNC(=O)NC1CCCNC1=O. The molecule has 5 heteroatoms. The number of nitrogens with one attached hydrogen (secondary N) is 3. The molecule has 5 nitrogen and oxygen atoms in total. The second kappa shape index (κ2) is 5.47. The Hall–Kier alpha value is -1.26. The van der Waals surface area contributed by atoms with Crippen LogP contribution >= 0.6 is 0 Å². The van der Waals surface area contributed by atoms with Crippen molar-refractivity contribution in [3.05, 3.63) is 0 Å². The van der Waals surface area contributed by atoms with E-state index in [1.807, 2.05) is 6.92 Å². The van der Waals surface area contributed by atoms with Gasteiger partial charge in [-0.2, -0.15) is 0 Å². The molecule has 1 unspecified atom stereocenters. The van der Waals surface area contributed by atoms with Crippen molar-refractivity contribution in [2.24, 2.45) is 0 Å². The molecule has 1 heterocycles. The van der Waals surface area contributed by atoms with Crippen molar-refractivity contribution < 1.29 is 9.59 Å². The lowest BCUT2D eigenvalue weighted by Gasteiger charge is -2.22. The Kier molecular flexibility index (Phi) is 4.22. The van der Waals surface area contributed by atoms with Crippen LogP contribution in [-0.2, 0) is 4.79 Å². The molecule has 1 rings (SSSR count). The normalized spacial score (nSPS) is 21.2. The Bertz CT molecular complexity index is 218. The standard InChI is InChI=1S/C9H17N3O2/c1-2-5-11-9(14)12-7-4-3-6-10-8(7)13/h7H,2-6H2,1H3,(H,10,13)(H2,11,12,14). The average molecular weight is 199 g/mol. The fraction of sp³-hybridized carbons (Fsp3) is 0.778. The maximum absolute atomic E-state index is 11.2. The number of carbonyl (C=O) groups is 2. The minimum atomic E-state index is -0.361. The molecule has 0 aromatic carbocycles. The maximum atomic E-state index is 11.2. The lowest BCUT2D eigenvalue weighted by atomic mass is 10.1. The van der Waals surface area contributed by atoms with Gasteiger partial charge in [0.15, 0.2) is 0 Å². The highest BCUT2D eigenvalue weighted by Gasteiger charge is 2.22. The van der Waals surface area contributed by atoms with Crippen LogP contribution in [0, 0.1) is 0 Å². The molecule has 80 valence electrons. The Morgan fingerprint density at radius 2 is 2.43 bits per heavy atom. The third-order valence-corrected chi connectivity index (χ3v) is 2.13. The molecule has 1 atom stereocenters. The van der Waals surface area contributed by atoms with E-state index in [2.05, 4.69) is 16.0 Å². The molecular formula is C9H17N3O2. The van der Waals surface area contributed by atoms with Crippen LogP contribution in [0.2, 0.25) is 0 Å². The van der Waals surface area contributed by atoms with Crippen LogP contribution in [0.15, 0.2) is 0 Å². The van der Waals surface area contributed by atoms with Crippen LogP contribution in [0.5, 0.6) is 0 Å². The monoisotopic (exact) mass is 199 g/mol. The summed E-state index contributed by atoms with van der Waals surface area (Å²) in [5, 5.41) is 8.02. The van der Waals surface area contributed by atoms with Crippen molar-refractivity contribution in [1.82, 2.24) is 16.0 Å². The predicted octanol–water partition coefficient (Wildman–Crippen LogP) is -0.0258. The van der Waals surface area contributed by atoms with Gasteiger partial charge >= 0.3 is 6.03 Å². The largest absolute Gasteiger partial charge is 0.354 e. The summed E-state index contributed by atoms with van der Waals surface area (Å²) < 4.78 is 0. The molecule has 1 fully saturated rings. The van der Waals surface area contributed by atoms with E-state index in [1.165, 1.54) is 0 Å².